The van der Waals surface area contributed by atoms with E-state index in [0.717, 1.165) is 0 Å². The number of rotatable bonds is 4. The summed E-state index contributed by atoms with van der Waals surface area (Å²) in [6, 6.07) is 10.1. The zero-order valence-electron chi connectivity index (χ0n) is 14.1. The summed E-state index contributed by atoms with van der Waals surface area (Å²) >= 11 is 12.2. The van der Waals surface area contributed by atoms with Crippen LogP contribution in [0.1, 0.15) is 35.0 Å². The minimum atomic E-state index is -0.523. The molecule has 3 rings (SSSR count). The van der Waals surface area contributed by atoms with Crippen LogP contribution in [0.5, 0.6) is 0 Å². The number of fused-ring (bicyclic) bond motifs is 1. The van der Waals surface area contributed by atoms with Gasteiger partial charge in [0.25, 0.3) is 11.8 Å². The summed E-state index contributed by atoms with van der Waals surface area (Å²) in [4.78, 5) is 29.4. The van der Waals surface area contributed by atoms with Gasteiger partial charge in [-0.15, -0.1) is 0 Å². The van der Waals surface area contributed by atoms with Crippen LogP contribution in [-0.2, 0) is 0 Å². The van der Waals surface area contributed by atoms with Crippen molar-refractivity contribution in [3.8, 4) is 0 Å². The van der Waals surface area contributed by atoms with E-state index in [1.165, 1.54) is 0 Å². The van der Waals surface area contributed by atoms with Crippen molar-refractivity contribution in [2.75, 3.05) is 5.32 Å². The summed E-state index contributed by atoms with van der Waals surface area (Å²) in [6.45, 7) is 3.70. The molecule has 2 amide bonds. The Morgan fingerprint density at radius 2 is 1.73 bits per heavy atom. The van der Waals surface area contributed by atoms with Gasteiger partial charge in [0.15, 0.2) is 5.69 Å². The predicted octanol–water partition coefficient (Wildman–Crippen LogP) is 4.03. The summed E-state index contributed by atoms with van der Waals surface area (Å²) in [5, 5.41) is 6.06. The van der Waals surface area contributed by atoms with Crippen molar-refractivity contribution in [2.45, 2.75) is 19.9 Å². The Balaban J connectivity index is 2.02. The number of benzene rings is 1. The van der Waals surface area contributed by atoms with Crippen molar-refractivity contribution < 1.29 is 9.59 Å². The number of hydrogen-bond donors (Lipinski definition) is 2. The van der Waals surface area contributed by atoms with Crippen LogP contribution in [-0.4, -0.2) is 27.2 Å². The molecule has 0 aliphatic rings. The number of halogens is 2. The number of hydrogen-bond acceptors (Lipinski definition) is 3. The Labute approximate surface area is 160 Å². The number of pyridine rings is 1. The highest BCUT2D eigenvalue weighted by Gasteiger charge is 2.22. The number of carbonyl (C=O) groups excluding carboxylic acids is 2. The Bertz CT molecular complexity index is 978. The second kappa shape index (κ2) is 7.35. The number of anilines is 1. The van der Waals surface area contributed by atoms with E-state index in [2.05, 4.69) is 15.6 Å². The van der Waals surface area contributed by atoms with Gasteiger partial charge < -0.3 is 10.6 Å². The van der Waals surface area contributed by atoms with Gasteiger partial charge in [-0.25, -0.2) is 4.98 Å². The number of imidazole rings is 1. The maximum Gasteiger partial charge on any atom is 0.292 e. The molecule has 134 valence electrons. The molecule has 0 saturated heterocycles. The van der Waals surface area contributed by atoms with Crippen LogP contribution >= 0.6 is 23.2 Å². The summed E-state index contributed by atoms with van der Waals surface area (Å²) in [6.07, 6.45) is 1.66. The number of amides is 2. The molecule has 0 atom stereocenters. The van der Waals surface area contributed by atoms with Crippen LogP contribution in [0, 0.1) is 0 Å². The molecule has 0 radical (unpaired) electrons. The van der Waals surface area contributed by atoms with E-state index in [0.29, 0.717) is 21.2 Å². The van der Waals surface area contributed by atoms with Gasteiger partial charge in [0, 0.05) is 12.2 Å². The monoisotopic (exact) mass is 390 g/mol. The standard InChI is InChI=1S/C18H16Cl2N4O2/c1-10(2)21-17(25)15-13-8-3-4-9-24(13)16(22-15)18(26)23-14-11(19)6-5-7-12(14)20/h3-10H,1-2H3,(H,21,25)(H,23,26). The normalized spacial score (nSPS) is 11.0. The number of para-hydroxylation sites is 1. The first kappa shape index (κ1) is 18.2. The van der Waals surface area contributed by atoms with Gasteiger partial charge in [-0.2, -0.15) is 0 Å². The van der Waals surface area contributed by atoms with E-state index in [1.807, 2.05) is 13.8 Å². The minimum absolute atomic E-state index is 0.0535. The zero-order chi connectivity index (χ0) is 18.8. The Kier molecular flexibility index (Phi) is 5.15. The molecule has 8 heteroatoms. The van der Waals surface area contributed by atoms with Crippen LogP contribution in [0.2, 0.25) is 10.0 Å². The quantitative estimate of drug-likeness (QED) is 0.705. The van der Waals surface area contributed by atoms with Crippen molar-refractivity contribution in [3.63, 3.8) is 0 Å². The molecule has 0 saturated carbocycles. The first-order valence-corrected chi connectivity index (χ1v) is 8.67. The third-order valence-electron chi connectivity index (χ3n) is 3.59. The van der Waals surface area contributed by atoms with Crippen LogP contribution < -0.4 is 10.6 Å². The van der Waals surface area contributed by atoms with Crippen molar-refractivity contribution in [2.24, 2.45) is 0 Å². The smallest absolute Gasteiger partial charge is 0.292 e. The lowest BCUT2D eigenvalue weighted by Crippen LogP contribution is -2.30. The Morgan fingerprint density at radius 3 is 2.38 bits per heavy atom. The fourth-order valence-corrected chi connectivity index (χ4v) is 2.97. The maximum atomic E-state index is 12.7. The number of nitrogens with one attached hydrogen (secondary N) is 2. The molecular weight excluding hydrogens is 375 g/mol. The molecule has 2 N–H and O–H groups in total. The molecule has 26 heavy (non-hydrogen) atoms. The van der Waals surface area contributed by atoms with Gasteiger partial charge >= 0.3 is 0 Å². The van der Waals surface area contributed by atoms with Crippen molar-refractivity contribution in [1.29, 1.82) is 0 Å². The largest absolute Gasteiger partial charge is 0.348 e. The van der Waals surface area contributed by atoms with Gasteiger partial charge in [0.1, 0.15) is 0 Å². The SMILES string of the molecule is CC(C)NC(=O)c1nc(C(=O)Nc2c(Cl)cccc2Cl)n2ccccc12. The van der Waals surface area contributed by atoms with E-state index >= 15 is 0 Å². The Hall–Kier alpha value is -2.57. The van der Waals surface area contributed by atoms with Crippen molar-refractivity contribution in [1.82, 2.24) is 14.7 Å². The second-order valence-electron chi connectivity index (χ2n) is 5.92. The topological polar surface area (TPSA) is 75.5 Å². The molecular formula is C18H16Cl2N4O2. The van der Waals surface area contributed by atoms with E-state index in [1.54, 1.807) is 47.0 Å². The van der Waals surface area contributed by atoms with Crippen LogP contribution in [0.25, 0.3) is 5.52 Å². The first-order chi connectivity index (χ1) is 12.4. The first-order valence-electron chi connectivity index (χ1n) is 7.91. The van der Waals surface area contributed by atoms with E-state index in [-0.39, 0.29) is 23.5 Å². The number of nitrogens with zero attached hydrogens (tertiary/aromatic N) is 2. The molecule has 6 nitrogen and oxygen atoms in total. The molecule has 0 spiro atoms. The highest BCUT2D eigenvalue weighted by molar-refractivity contribution is 6.40. The lowest BCUT2D eigenvalue weighted by Gasteiger charge is -2.08. The average molecular weight is 391 g/mol. The fraction of sp³-hybridized carbons (Fsp3) is 0.167. The fourth-order valence-electron chi connectivity index (χ4n) is 2.48. The summed E-state index contributed by atoms with van der Waals surface area (Å²) in [5.74, 6) is -0.811. The molecule has 2 aromatic heterocycles. The van der Waals surface area contributed by atoms with Gasteiger partial charge in [-0.3, -0.25) is 14.0 Å². The lowest BCUT2D eigenvalue weighted by molar-refractivity contribution is 0.0940. The molecule has 0 fully saturated rings. The predicted molar refractivity (Wildman–Crippen MR) is 102 cm³/mol. The van der Waals surface area contributed by atoms with Crippen LogP contribution in [0.4, 0.5) is 5.69 Å². The minimum Gasteiger partial charge on any atom is -0.348 e. The molecule has 3 aromatic rings. The molecule has 0 aliphatic carbocycles. The summed E-state index contributed by atoms with van der Waals surface area (Å²) < 4.78 is 1.55. The van der Waals surface area contributed by atoms with Gasteiger partial charge in [0.2, 0.25) is 5.82 Å². The highest BCUT2D eigenvalue weighted by Crippen LogP contribution is 2.30. The molecule has 0 bridgehead atoms. The van der Waals surface area contributed by atoms with E-state index in [9.17, 15) is 9.59 Å². The number of carbonyl (C=O) groups is 2. The third-order valence-corrected chi connectivity index (χ3v) is 4.22. The van der Waals surface area contributed by atoms with Crippen LogP contribution in [0.3, 0.4) is 0 Å². The van der Waals surface area contributed by atoms with Crippen LogP contribution in [0.15, 0.2) is 42.6 Å². The molecule has 1 aromatic carbocycles. The van der Waals surface area contributed by atoms with Crippen molar-refractivity contribution >= 4 is 46.2 Å². The summed E-state index contributed by atoms with van der Waals surface area (Å²) in [7, 11) is 0. The second-order valence-corrected chi connectivity index (χ2v) is 6.73. The summed E-state index contributed by atoms with van der Waals surface area (Å²) in [5.41, 5.74) is 0.998. The number of aromatic nitrogens is 2. The van der Waals surface area contributed by atoms with Gasteiger partial charge in [-0.05, 0) is 38.1 Å². The van der Waals surface area contributed by atoms with E-state index in [4.69, 9.17) is 23.2 Å². The van der Waals surface area contributed by atoms with Gasteiger partial charge in [-0.1, -0.05) is 35.3 Å². The Morgan fingerprint density at radius 1 is 1.04 bits per heavy atom. The highest BCUT2D eigenvalue weighted by atomic mass is 35.5. The molecule has 0 unspecified atom stereocenters. The lowest BCUT2D eigenvalue weighted by atomic mass is 10.3. The average Bonchev–Trinajstić information content (AvgIpc) is 2.97. The molecule has 2 heterocycles. The molecule has 0 aliphatic heterocycles. The maximum absolute atomic E-state index is 12.7. The van der Waals surface area contributed by atoms with E-state index < -0.39 is 5.91 Å². The third kappa shape index (κ3) is 3.52. The van der Waals surface area contributed by atoms with Gasteiger partial charge in [0.05, 0.1) is 21.2 Å². The zero-order valence-corrected chi connectivity index (χ0v) is 15.6. The van der Waals surface area contributed by atoms with Crippen molar-refractivity contribution in [3.05, 3.63) is 64.2 Å².